The van der Waals surface area contributed by atoms with Crippen LogP contribution in [-0.4, -0.2) is 47.9 Å². The first-order valence-electron chi connectivity index (χ1n) is 9.10. The minimum atomic E-state index is 0.154. The molecule has 0 saturated carbocycles. The highest BCUT2D eigenvalue weighted by molar-refractivity contribution is 7.12. The quantitative estimate of drug-likeness (QED) is 0.784. The first kappa shape index (κ1) is 17.8. The third-order valence-corrected chi connectivity index (χ3v) is 6.50. The Morgan fingerprint density at radius 1 is 1.31 bits per heavy atom. The summed E-state index contributed by atoms with van der Waals surface area (Å²) in [7, 11) is 0. The Hall–Kier alpha value is -1.56. The van der Waals surface area contributed by atoms with Crippen LogP contribution in [0.4, 0.5) is 0 Å². The van der Waals surface area contributed by atoms with Crippen LogP contribution in [0.5, 0.6) is 5.75 Å². The second-order valence-corrected chi connectivity index (χ2v) is 8.44. The Balaban J connectivity index is 1.38. The maximum atomic E-state index is 12.8. The number of aryl methyl sites for hydroxylation is 1. The monoisotopic (exact) mass is 390 g/mol. The van der Waals surface area contributed by atoms with Gasteiger partial charge < -0.3 is 9.64 Å². The molecule has 0 radical (unpaired) electrons. The fourth-order valence-electron chi connectivity index (χ4n) is 3.78. The maximum absolute atomic E-state index is 12.8. The topological polar surface area (TPSA) is 32.8 Å². The lowest BCUT2D eigenvalue weighted by Gasteiger charge is -2.37. The summed E-state index contributed by atoms with van der Waals surface area (Å²) in [6.07, 6.45) is 2.47. The zero-order chi connectivity index (χ0) is 18.1. The molecule has 0 spiro atoms. The molecule has 1 unspecified atom stereocenters. The van der Waals surface area contributed by atoms with Crippen molar-refractivity contribution in [3.8, 4) is 5.75 Å². The molecule has 2 saturated heterocycles. The second kappa shape index (κ2) is 7.59. The molecule has 1 atom stereocenters. The van der Waals surface area contributed by atoms with E-state index in [0.29, 0.717) is 23.4 Å². The Morgan fingerprint density at radius 2 is 2.19 bits per heavy atom. The average molecular weight is 391 g/mol. The first-order chi connectivity index (χ1) is 12.6. The number of fused-ring (bicyclic) bond motifs is 1. The maximum Gasteiger partial charge on any atom is 0.264 e. The van der Waals surface area contributed by atoms with Crippen molar-refractivity contribution >= 4 is 28.8 Å². The van der Waals surface area contributed by atoms with Gasteiger partial charge in [-0.15, -0.1) is 11.3 Å². The number of carbonyl (C=O) groups is 1. The summed E-state index contributed by atoms with van der Waals surface area (Å²) in [5.41, 5.74) is 2.12. The molecular formula is C20H23ClN2O2S. The Bertz CT molecular complexity index is 807. The van der Waals surface area contributed by atoms with E-state index in [2.05, 4.69) is 4.90 Å². The summed E-state index contributed by atoms with van der Waals surface area (Å²) < 4.78 is 5.84. The molecule has 2 aliphatic rings. The molecule has 0 aliphatic carbocycles. The van der Waals surface area contributed by atoms with Crippen molar-refractivity contribution in [1.29, 1.82) is 0 Å². The van der Waals surface area contributed by atoms with E-state index in [9.17, 15) is 4.79 Å². The van der Waals surface area contributed by atoms with Crippen molar-refractivity contribution in [1.82, 2.24) is 9.80 Å². The summed E-state index contributed by atoms with van der Waals surface area (Å²) >= 11 is 7.68. The Labute approximate surface area is 163 Å². The molecule has 1 aromatic heterocycles. The lowest BCUT2D eigenvalue weighted by Crippen LogP contribution is -2.51. The van der Waals surface area contributed by atoms with Gasteiger partial charge in [0.1, 0.15) is 12.4 Å². The van der Waals surface area contributed by atoms with Gasteiger partial charge in [0.05, 0.1) is 9.90 Å². The zero-order valence-corrected chi connectivity index (χ0v) is 16.5. The smallest absolute Gasteiger partial charge is 0.264 e. The average Bonchev–Trinajstić information content (AvgIpc) is 3.30. The van der Waals surface area contributed by atoms with Gasteiger partial charge in [-0.25, -0.2) is 0 Å². The summed E-state index contributed by atoms with van der Waals surface area (Å²) in [4.78, 5) is 18.2. The predicted octanol–water partition coefficient (Wildman–Crippen LogP) is 4.21. The van der Waals surface area contributed by atoms with Crippen molar-refractivity contribution in [2.24, 2.45) is 0 Å². The molecule has 26 heavy (non-hydrogen) atoms. The van der Waals surface area contributed by atoms with Gasteiger partial charge >= 0.3 is 0 Å². The van der Waals surface area contributed by atoms with Crippen LogP contribution in [0.15, 0.2) is 29.6 Å². The molecule has 3 heterocycles. The van der Waals surface area contributed by atoms with Crippen molar-refractivity contribution < 1.29 is 9.53 Å². The molecule has 2 aromatic rings. The number of nitrogens with zero attached hydrogens (tertiary/aromatic N) is 2. The number of hydrogen-bond acceptors (Lipinski definition) is 4. The number of thiophene rings is 1. The van der Waals surface area contributed by atoms with E-state index < -0.39 is 0 Å². The second-order valence-electron chi connectivity index (χ2n) is 7.12. The predicted molar refractivity (Wildman–Crippen MR) is 105 cm³/mol. The van der Waals surface area contributed by atoms with E-state index in [1.807, 2.05) is 41.5 Å². The number of amides is 1. The number of carbonyl (C=O) groups excluding carboxylic acids is 1. The molecule has 0 bridgehead atoms. The van der Waals surface area contributed by atoms with Crippen LogP contribution in [-0.2, 0) is 6.61 Å². The van der Waals surface area contributed by atoms with Crippen molar-refractivity contribution in [2.75, 3.05) is 26.2 Å². The van der Waals surface area contributed by atoms with E-state index in [4.69, 9.17) is 16.3 Å². The van der Waals surface area contributed by atoms with E-state index in [1.165, 1.54) is 30.7 Å². The summed E-state index contributed by atoms with van der Waals surface area (Å²) in [5.74, 6) is 0.837. The largest absolute Gasteiger partial charge is 0.487 e. The number of rotatable bonds is 4. The lowest BCUT2D eigenvalue weighted by molar-refractivity contribution is 0.0576. The highest BCUT2D eigenvalue weighted by atomic mass is 35.5. The molecule has 2 aliphatic heterocycles. The van der Waals surface area contributed by atoms with Crippen LogP contribution in [0.3, 0.4) is 0 Å². The van der Waals surface area contributed by atoms with E-state index in [1.54, 1.807) is 0 Å². The van der Waals surface area contributed by atoms with Gasteiger partial charge in [0.15, 0.2) is 0 Å². The zero-order valence-electron chi connectivity index (χ0n) is 14.9. The van der Waals surface area contributed by atoms with E-state index in [0.717, 1.165) is 35.6 Å². The number of ether oxygens (including phenoxy) is 1. The standard InChI is InChI=1S/C20H23ClN2O2S/c1-14-4-5-17(21)18(9-14)25-12-15-10-19(26-13-15)20(24)23-8-7-22-6-2-3-16(22)11-23/h4-5,9-10,13,16H,2-3,6-8,11-12H2,1H3. The SMILES string of the molecule is Cc1ccc(Cl)c(OCc2csc(C(=O)N3CCN4CCCC4C3)c2)c1. The number of piperazine rings is 1. The Morgan fingerprint density at radius 3 is 3.08 bits per heavy atom. The van der Waals surface area contributed by atoms with Gasteiger partial charge in [0.2, 0.25) is 0 Å². The van der Waals surface area contributed by atoms with E-state index >= 15 is 0 Å². The van der Waals surface area contributed by atoms with Crippen molar-refractivity contribution in [2.45, 2.75) is 32.4 Å². The van der Waals surface area contributed by atoms with Gasteiger partial charge in [-0.3, -0.25) is 9.69 Å². The van der Waals surface area contributed by atoms with Gasteiger partial charge in [-0.1, -0.05) is 17.7 Å². The molecule has 4 nitrogen and oxygen atoms in total. The third-order valence-electron chi connectivity index (χ3n) is 5.22. The highest BCUT2D eigenvalue weighted by Crippen LogP contribution is 2.28. The molecule has 1 amide bonds. The molecule has 0 N–H and O–H groups in total. The molecule has 138 valence electrons. The van der Waals surface area contributed by atoms with Gasteiger partial charge in [0.25, 0.3) is 5.91 Å². The van der Waals surface area contributed by atoms with Crippen LogP contribution >= 0.6 is 22.9 Å². The number of hydrogen-bond donors (Lipinski definition) is 0. The number of benzene rings is 1. The van der Waals surface area contributed by atoms with Crippen LogP contribution < -0.4 is 4.74 Å². The fraction of sp³-hybridized carbons (Fsp3) is 0.450. The van der Waals surface area contributed by atoms with Crippen LogP contribution in [0.1, 0.15) is 33.6 Å². The highest BCUT2D eigenvalue weighted by Gasteiger charge is 2.33. The normalized spacial score (nSPS) is 20.2. The summed E-state index contributed by atoms with van der Waals surface area (Å²) in [6, 6.07) is 8.25. The van der Waals surface area contributed by atoms with Gasteiger partial charge in [-0.05, 0) is 55.5 Å². The van der Waals surface area contributed by atoms with Crippen LogP contribution in [0, 0.1) is 6.92 Å². The van der Waals surface area contributed by atoms with Crippen LogP contribution in [0.25, 0.3) is 0 Å². The summed E-state index contributed by atoms with van der Waals surface area (Å²) in [5, 5.41) is 2.61. The number of halogens is 1. The minimum absolute atomic E-state index is 0.154. The molecule has 2 fully saturated rings. The first-order valence-corrected chi connectivity index (χ1v) is 10.4. The van der Waals surface area contributed by atoms with Crippen molar-refractivity contribution in [3.63, 3.8) is 0 Å². The fourth-order valence-corrected chi connectivity index (χ4v) is 4.81. The van der Waals surface area contributed by atoms with Crippen molar-refractivity contribution in [3.05, 3.63) is 50.7 Å². The third kappa shape index (κ3) is 3.75. The molecule has 1 aromatic carbocycles. The molecular weight excluding hydrogens is 368 g/mol. The van der Waals surface area contributed by atoms with E-state index in [-0.39, 0.29) is 5.91 Å². The molecule has 4 rings (SSSR count). The van der Waals surface area contributed by atoms with Gasteiger partial charge in [-0.2, -0.15) is 0 Å². The lowest BCUT2D eigenvalue weighted by atomic mass is 10.1. The van der Waals surface area contributed by atoms with Gasteiger partial charge in [0, 0.05) is 31.2 Å². The molecule has 6 heteroatoms. The Kier molecular flexibility index (Phi) is 5.20. The summed E-state index contributed by atoms with van der Waals surface area (Å²) in [6.45, 7) is 6.32. The minimum Gasteiger partial charge on any atom is -0.487 e. The van der Waals surface area contributed by atoms with Crippen LogP contribution in [0.2, 0.25) is 5.02 Å².